The van der Waals surface area contributed by atoms with Crippen molar-refractivity contribution in [2.75, 3.05) is 0 Å². The molecule has 0 radical (unpaired) electrons. The van der Waals surface area contributed by atoms with Crippen LogP contribution in [0.4, 0.5) is 0 Å². The van der Waals surface area contributed by atoms with Crippen LogP contribution in [0.25, 0.3) is 0 Å². The van der Waals surface area contributed by atoms with Crippen molar-refractivity contribution < 1.29 is 9.32 Å². The highest BCUT2D eigenvalue weighted by atomic mass is 35.5. The van der Waals surface area contributed by atoms with E-state index >= 15 is 0 Å². The van der Waals surface area contributed by atoms with Crippen molar-refractivity contribution in [2.45, 2.75) is 25.8 Å². The molecular weight excluding hydrogens is 336 g/mol. The second kappa shape index (κ2) is 7.99. The molecule has 3 rings (SSSR count). The Balaban J connectivity index is 1.58. The van der Waals surface area contributed by atoms with Gasteiger partial charge in [0.25, 0.3) is 5.91 Å². The van der Waals surface area contributed by atoms with Gasteiger partial charge in [0.15, 0.2) is 0 Å². The SMILES string of the molecule is C[C@@H](Cc1cc(C(=O)NCc2cccc(Cl)c2)on1)c1ccccc1. The van der Waals surface area contributed by atoms with Gasteiger partial charge in [-0.05, 0) is 35.6 Å². The molecule has 0 saturated heterocycles. The smallest absolute Gasteiger partial charge is 0.290 e. The number of aromatic nitrogens is 1. The first-order chi connectivity index (χ1) is 12.1. The van der Waals surface area contributed by atoms with Gasteiger partial charge in [0, 0.05) is 17.6 Å². The van der Waals surface area contributed by atoms with Crippen LogP contribution in [0.2, 0.25) is 5.02 Å². The van der Waals surface area contributed by atoms with E-state index in [2.05, 4.69) is 29.5 Å². The third kappa shape index (κ3) is 4.70. The second-order valence-corrected chi connectivity index (χ2v) is 6.45. The lowest BCUT2D eigenvalue weighted by molar-refractivity contribution is 0.0914. The van der Waals surface area contributed by atoms with E-state index < -0.39 is 0 Å². The molecule has 1 heterocycles. The Morgan fingerprint density at radius 3 is 2.72 bits per heavy atom. The molecule has 0 fully saturated rings. The maximum absolute atomic E-state index is 12.2. The van der Waals surface area contributed by atoms with Gasteiger partial charge in [-0.1, -0.05) is 66.1 Å². The molecule has 1 amide bonds. The topological polar surface area (TPSA) is 55.1 Å². The molecule has 0 spiro atoms. The highest BCUT2D eigenvalue weighted by Gasteiger charge is 2.15. The molecule has 3 aromatic rings. The van der Waals surface area contributed by atoms with Crippen LogP contribution in [0.15, 0.2) is 65.2 Å². The van der Waals surface area contributed by atoms with Gasteiger partial charge in [-0.25, -0.2) is 0 Å². The molecule has 2 aromatic carbocycles. The quantitative estimate of drug-likeness (QED) is 0.703. The van der Waals surface area contributed by atoms with E-state index in [1.54, 1.807) is 12.1 Å². The summed E-state index contributed by atoms with van der Waals surface area (Å²) in [5.41, 5.74) is 2.93. The first-order valence-electron chi connectivity index (χ1n) is 8.15. The minimum Gasteiger partial charge on any atom is -0.351 e. The fourth-order valence-electron chi connectivity index (χ4n) is 2.64. The molecule has 1 aromatic heterocycles. The normalized spacial score (nSPS) is 11.9. The molecule has 1 atom stereocenters. The zero-order valence-corrected chi connectivity index (χ0v) is 14.7. The molecular formula is C20H19ClN2O2. The molecule has 0 unspecified atom stereocenters. The van der Waals surface area contributed by atoms with Crippen molar-refractivity contribution in [1.29, 1.82) is 0 Å². The Kier molecular flexibility index (Phi) is 5.51. The summed E-state index contributed by atoms with van der Waals surface area (Å²) in [6.45, 7) is 2.51. The number of nitrogens with one attached hydrogen (secondary N) is 1. The maximum Gasteiger partial charge on any atom is 0.290 e. The van der Waals surface area contributed by atoms with Crippen molar-refractivity contribution in [3.63, 3.8) is 0 Å². The molecule has 25 heavy (non-hydrogen) atoms. The van der Waals surface area contributed by atoms with Crippen LogP contribution in [0.1, 0.15) is 40.2 Å². The first-order valence-corrected chi connectivity index (χ1v) is 8.53. The monoisotopic (exact) mass is 354 g/mol. The van der Waals surface area contributed by atoms with Gasteiger partial charge in [0.05, 0.1) is 5.69 Å². The molecule has 1 N–H and O–H groups in total. The standard InChI is InChI=1S/C20H19ClN2O2/c1-14(16-7-3-2-4-8-16)10-18-12-19(25-23-18)20(24)22-13-15-6-5-9-17(21)11-15/h2-9,11-12,14H,10,13H2,1H3,(H,22,24)/t14-/m0/s1. The van der Waals surface area contributed by atoms with Crippen LogP contribution in [0, 0.1) is 0 Å². The van der Waals surface area contributed by atoms with Gasteiger partial charge in [0.2, 0.25) is 5.76 Å². The van der Waals surface area contributed by atoms with E-state index in [1.807, 2.05) is 36.4 Å². The zero-order valence-electron chi connectivity index (χ0n) is 13.9. The lowest BCUT2D eigenvalue weighted by Gasteiger charge is -2.08. The highest BCUT2D eigenvalue weighted by molar-refractivity contribution is 6.30. The lowest BCUT2D eigenvalue weighted by atomic mass is 9.96. The van der Waals surface area contributed by atoms with Crippen molar-refractivity contribution in [3.8, 4) is 0 Å². The summed E-state index contributed by atoms with van der Waals surface area (Å²) < 4.78 is 5.19. The minimum atomic E-state index is -0.286. The van der Waals surface area contributed by atoms with Gasteiger partial charge in [0.1, 0.15) is 0 Å². The number of carbonyl (C=O) groups is 1. The van der Waals surface area contributed by atoms with E-state index in [-0.39, 0.29) is 11.7 Å². The summed E-state index contributed by atoms with van der Waals surface area (Å²) in [6.07, 6.45) is 0.717. The number of hydrogen-bond donors (Lipinski definition) is 1. The summed E-state index contributed by atoms with van der Waals surface area (Å²) in [6, 6.07) is 19.3. The third-order valence-corrected chi connectivity index (χ3v) is 4.24. The largest absolute Gasteiger partial charge is 0.351 e. The summed E-state index contributed by atoms with van der Waals surface area (Å²) in [4.78, 5) is 12.2. The minimum absolute atomic E-state index is 0.220. The van der Waals surface area contributed by atoms with Gasteiger partial charge in [-0.3, -0.25) is 4.79 Å². The Hall–Kier alpha value is -2.59. The Morgan fingerprint density at radius 2 is 1.96 bits per heavy atom. The number of hydrogen-bond acceptors (Lipinski definition) is 3. The van der Waals surface area contributed by atoms with E-state index in [0.717, 1.165) is 17.7 Å². The van der Waals surface area contributed by atoms with Crippen LogP contribution < -0.4 is 5.32 Å². The molecule has 4 nitrogen and oxygen atoms in total. The fourth-order valence-corrected chi connectivity index (χ4v) is 2.86. The molecule has 5 heteroatoms. The van der Waals surface area contributed by atoms with Crippen LogP contribution in [0.5, 0.6) is 0 Å². The van der Waals surface area contributed by atoms with Crippen LogP contribution in [-0.4, -0.2) is 11.1 Å². The fraction of sp³-hybridized carbons (Fsp3) is 0.200. The van der Waals surface area contributed by atoms with Crippen molar-refractivity contribution in [1.82, 2.24) is 10.5 Å². The van der Waals surface area contributed by atoms with Crippen LogP contribution in [-0.2, 0) is 13.0 Å². The number of rotatable bonds is 6. The molecule has 0 bridgehead atoms. The van der Waals surface area contributed by atoms with Gasteiger partial charge >= 0.3 is 0 Å². The molecule has 128 valence electrons. The van der Waals surface area contributed by atoms with Crippen molar-refractivity contribution in [3.05, 3.63) is 88.3 Å². The van der Waals surface area contributed by atoms with Crippen LogP contribution in [0.3, 0.4) is 0 Å². The molecule has 0 aliphatic rings. The Bertz CT molecular complexity index is 846. The van der Waals surface area contributed by atoms with E-state index in [9.17, 15) is 4.79 Å². The van der Waals surface area contributed by atoms with E-state index in [0.29, 0.717) is 17.5 Å². The predicted octanol–water partition coefficient (Wildman–Crippen LogP) is 4.60. The number of halogens is 1. The predicted molar refractivity (Wildman–Crippen MR) is 97.7 cm³/mol. The number of benzene rings is 2. The highest BCUT2D eigenvalue weighted by Crippen LogP contribution is 2.20. The average Bonchev–Trinajstić information content (AvgIpc) is 3.09. The number of amides is 1. The Morgan fingerprint density at radius 1 is 1.16 bits per heavy atom. The number of carbonyl (C=O) groups excluding carboxylic acids is 1. The van der Waals surface area contributed by atoms with Gasteiger partial charge in [-0.2, -0.15) is 0 Å². The molecule has 0 saturated carbocycles. The zero-order chi connectivity index (χ0) is 17.6. The second-order valence-electron chi connectivity index (χ2n) is 6.01. The van der Waals surface area contributed by atoms with E-state index in [1.165, 1.54) is 5.56 Å². The summed E-state index contributed by atoms with van der Waals surface area (Å²) in [7, 11) is 0. The Labute approximate surface area is 151 Å². The van der Waals surface area contributed by atoms with Crippen LogP contribution >= 0.6 is 11.6 Å². The summed E-state index contributed by atoms with van der Waals surface area (Å²) in [5.74, 6) is 0.233. The third-order valence-electron chi connectivity index (χ3n) is 4.01. The van der Waals surface area contributed by atoms with Crippen molar-refractivity contribution in [2.24, 2.45) is 0 Å². The first kappa shape index (κ1) is 17.2. The summed E-state index contributed by atoms with van der Waals surface area (Å²) in [5, 5.41) is 7.47. The molecule has 0 aliphatic heterocycles. The van der Waals surface area contributed by atoms with Gasteiger partial charge < -0.3 is 9.84 Å². The average molecular weight is 355 g/mol. The maximum atomic E-state index is 12.2. The van der Waals surface area contributed by atoms with Crippen molar-refractivity contribution >= 4 is 17.5 Å². The van der Waals surface area contributed by atoms with E-state index in [4.69, 9.17) is 16.1 Å². The number of nitrogens with zero attached hydrogens (tertiary/aromatic N) is 1. The molecule has 0 aliphatic carbocycles. The van der Waals surface area contributed by atoms with Gasteiger partial charge in [-0.15, -0.1) is 0 Å². The summed E-state index contributed by atoms with van der Waals surface area (Å²) >= 11 is 5.94. The lowest BCUT2D eigenvalue weighted by Crippen LogP contribution is -2.22.